The van der Waals surface area contributed by atoms with Crippen molar-refractivity contribution in [1.29, 1.82) is 0 Å². The molecule has 0 radical (unpaired) electrons. The van der Waals surface area contributed by atoms with Gasteiger partial charge in [-0.1, -0.05) is 40.0 Å². The van der Waals surface area contributed by atoms with Crippen LogP contribution in [0.2, 0.25) is 0 Å². The number of hydrogen-bond acceptors (Lipinski definition) is 6. The van der Waals surface area contributed by atoms with E-state index in [4.69, 9.17) is 37.9 Å². The van der Waals surface area contributed by atoms with Crippen molar-refractivity contribution in [2.24, 2.45) is 0 Å². The van der Waals surface area contributed by atoms with Crippen LogP contribution in [0.1, 0.15) is 66.2 Å². The Bertz CT molecular complexity index is 234. The second-order valence-electron chi connectivity index (χ2n) is 5.41. The van der Waals surface area contributed by atoms with E-state index in [-0.39, 0.29) is 4.08 Å². The highest BCUT2D eigenvalue weighted by molar-refractivity contribution is 8.26. The van der Waals surface area contributed by atoms with Gasteiger partial charge >= 0.3 is 0 Å². The van der Waals surface area contributed by atoms with E-state index in [1.165, 1.54) is 38.5 Å². The Morgan fingerprint density at radius 3 is 1.52 bits per heavy atom. The number of rotatable bonds is 13. The third kappa shape index (κ3) is 12.2. The van der Waals surface area contributed by atoms with Crippen LogP contribution in [0, 0.1) is 0 Å². The highest BCUT2D eigenvalue weighted by atomic mass is 32.2. The zero-order valence-electron chi connectivity index (χ0n) is 13.7. The first-order valence-corrected chi connectivity index (χ1v) is 12.2. The summed E-state index contributed by atoms with van der Waals surface area (Å²) in [6.45, 7) is 9.04. The summed E-state index contributed by atoms with van der Waals surface area (Å²) in [5.74, 6) is 1.11. The van der Waals surface area contributed by atoms with Crippen molar-refractivity contribution in [3.63, 3.8) is 0 Å². The molecule has 0 amide bonds. The molecule has 6 heteroatoms. The van der Waals surface area contributed by atoms with E-state index in [0.717, 1.165) is 5.75 Å². The lowest BCUT2D eigenvalue weighted by Gasteiger charge is -2.33. The van der Waals surface area contributed by atoms with Crippen molar-refractivity contribution in [2.75, 3.05) is 5.75 Å². The zero-order chi connectivity index (χ0) is 16.3. The molecule has 0 nitrogen and oxygen atoms in total. The third-order valence-corrected chi connectivity index (χ3v) is 9.38. The lowest BCUT2D eigenvalue weighted by Crippen LogP contribution is -2.25. The molecule has 0 aliphatic carbocycles. The minimum absolute atomic E-state index is 0.169. The largest absolute Gasteiger partial charge is 0.165 e. The van der Waals surface area contributed by atoms with Gasteiger partial charge in [0.05, 0.1) is 4.08 Å². The minimum Gasteiger partial charge on any atom is -0.165 e. The minimum atomic E-state index is 0.169. The van der Waals surface area contributed by atoms with E-state index in [9.17, 15) is 0 Å². The van der Waals surface area contributed by atoms with Crippen LogP contribution >= 0.6 is 73.2 Å². The number of thioether (sulfide) groups is 3. The molecule has 0 fully saturated rings. The van der Waals surface area contributed by atoms with Gasteiger partial charge in [0.1, 0.15) is 0 Å². The quantitative estimate of drug-likeness (QED) is 0.222. The second kappa shape index (κ2) is 13.4. The average molecular weight is 405 g/mol. The van der Waals surface area contributed by atoms with E-state index in [1.54, 1.807) is 0 Å². The van der Waals surface area contributed by atoms with Gasteiger partial charge in [-0.05, 0) is 26.2 Å². The molecular formula is C15H32S6. The molecular weight excluding hydrogens is 373 g/mol. The van der Waals surface area contributed by atoms with Gasteiger partial charge in [-0.25, -0.2) is 0 Å². The van der Waals surface area contributed by atoms with Gasteiger partial charge in [-0.15, -0.1) is 35.3 Å². The van der Waals surface area contributed by atoms with E-state index in [0.29, 0.717) is 13.7 Å². The van der Waals surface area contributed by atoms with Gasteiger partial charge in [0.2, 0.25) is 0 Å². The summed E-state index contributed by atoms with van der Waals surface area (Å²) in [6.07, 6.45) is 7.10. The lowest BCUT2D eigenvalue weighted by atomic mass is 10.4. The summed E-state index contributed by atoms with van der Waals surface area (Å²) in [4.78, 5) is 0. The van der Waals surface area contributed by atoms with Crippen molar-refractivity contribution in [3.8, 4) is 0 Å². The van der Waals surface area contributed by atoms with Crippen LogP contribution in [-0.4, -0.2) is 23.6 Å². The molecule has 21 heavy (non-hydrogen) atoms. The maximum Gasteiger partial charge on any atom is 0.0695 e. The topological polar surface area (TPSA) is 0 Å². The molecule has 0 heterocycles. The molecule has 0 aliphatic heterocycles. The smallest absolute Gasteiger partial charge is 0.0695 e. The first kappa shape index (κ1) is 23.1. The molecule has 0 aromatic carbocycles. The van der Waals surface area contributed by atoms with Gasteiger partial charge in [0.15, 0.2) is 0 Å². The number of thiol groups is 3. The van der Waals surface area contributed by atoms with Crippen LogP contribution in [-0.2, 0) is 0 Å². The van der Waals surface area contributed by atoms with Crippen LogP contribution in [0.4, 0.5) is 0 Å². The van der Waals surface area contributed by atoms with Gasteiger partial charge < -0.3 is 0 Å². The van der Waals surface area contributed by atoms with Crippen molar-refractivity contribution in [2.45, 2.75) is 84.0 Å². The molecule has 0 spiro atoms. The fourth-order valence-corrected chi connectivity index (χ4v) is 9.31. The first-order valence-electron chi connectivity index (χ1n) is 7.88. The molecule has 3 unspecified atom stereocenters. The molecule has 0 rings (SSSR count). The van der Waals surface area contributed by atoms with E-state index < -0.39 is 0 Å². The van der Waals surface area contributed by atoms with E-state index >= 15 is 0 Å². The molecule has 0 saturated heterocycles. The van der Waals surface area contributed by atoms with Crippen molar-refractivity contribution < 1.29 is 0 Å². The Morgan fingerprint density at radius 1 is 0.762 bits per heavy atom. The van der Waals surface area contributed by atoms with Crippen molar-refractivity contribution in [1.82, 2.24) is 0 Å². The molecule has 0 bridgehead atoms. The maximum atomic E-state index is 4.76. The Hall–Kier alpha value is 2.10. The number of hydrogen-bond donors (Lipinski definition) is 3. The van der Waals surface area contributed by atoms with Crippen molar-refractivity contribution >= 4 is 73.2 Å². The van der Waals surface area contributed by atoms with Gasteiger partial charge in [-0.2, -0.15) is 37.9 Å². The predicted octanol–water partition coefficient (Wildman–Crippen LogP) is 7.07. The SMILES string of the molecule is CCCC(S)SCC(C)(SC(S)CCC)SC(S)CCC. The molecule has 128 valence electrons. The summed E-state index contributed by atoms with van der Waals surface area (Å²) in [5.41, 5.74) is 0. The predicted molar refractivity (Wildman–Crippen MR) is 119 cm³/mol. The van der Waals surface area contributed by atoms with E-state index in [2.05, 4.69) is 27.7 Å². The summed E-state index contributed by atoms with van der Waals surface area (Å²) in [5, 5.41) is 0. The lowest BCUT2D eigenvalue weighted by molar-refractivity contribution is 0.855. The Labute approximate surface area is 162 Å². The molecule has 0 aromatic rings. The van der Waals surface area contributed by atoms with Crippen molar-refractivity contribution in [3.05, 3.63) is 0 Å². The van der Waals surface area contributed by atoms with Gasteiger partial charge in [0.25, 0.3) is 0 Å². The average Bonchev–Trinajstić information content (AvgIpc) is 2.37. The standard InChI is InChI=1S/C15H32S6/c1-5-8-12(16)19-11-15(4,20-13(17)9-6-2)21-14(18)10-7-3/h12-14,16-18H,5-11H2,1-4H3. The normalized spacial score (nSPS) is 19.0. The van der Waals surface area contributed by atoms with Crippen LogP contribution in [0.15, 0.2) is 0 Å². The highest BCUT2D eigenvalue weighted by Gasteiger charge is 2.31. The monoisotopic (exact) mass is 404 g/mol. The molecule has 3 atom stereocenters. The molecule has 0 aromatic heterocycles. The second-order valence-corrected chi connectivity index (χ2v) is 13.2. The fourth-order valence-electron chi connectivity index (χ4n) is 1.86. The highest BCUT2D eigenvalue weighted by Crippen LogP contribution is 2.48. The summed E-state index contributed by atoms with van der Waals surface area (Å²) < 4.78 is 1.45. The third-order valence-electron chi connectivity index (χ3n) is 2.92. The van der Waals surface area contributed by atoms with Crippen LogP contribution in [0.3, 0.4) is 0 Å². The van der Waals surface area contributed by atoms with Crippen LogP contribution in [0.5, 0.6) is 0 Å². The van der Waals surface area contributed by atoms with Gasteiger partial charge in [-0.3, -0.25) is 0 Å². The molecule has 0 N–H and O–H groups in total. The van der Waals surface area contributed by atoms with Crippen LogP contribution in [0.25, 0.3) is 0 Å². The Kier molecular flexibility index (Phi) is 14.7. The Morgan fingerprint density at radius 2 is 1.14 bits per heavy atom. The molecule has 0 saturated carbocycles. The van der Waals surface area contributed by atoms with Crippen LogP contribution < -0.4 is 0 Å². The molecule has 0 aliphatic rings. The Balaban J connectivity index is 4.56. The van der Waals surface area contributed by atoms with E-state index in [1.807, 2.05) is 35.3 Å². The fraction of sp³-hybridized carbons (Fsp3) is 1.00. The zero-order valence-corrected chi connectivity index (χ0v) is 18.9. The summed E-state index contributed by atoms with van der Waals surface area (Å²) in [6, 6.07) is 0. The summed E-state index contributed by atoms with van der Waals surface area (Å²) >= 11 is 20.2. The first-order chi connectivity index (χ1) is 9.86. The maximum absolute atomic E-state index is 4.76. The van der Waals surface area contributed by atoms with Gasteiger partial charge in [0, 0.05) is 19.5 Å². The summed E-state index contributed by atoms with van der Waals surface area (Å²) in [7, 11) is 0.